The van der Waals surface area contributed by atoms with E-state index in [1.54, 1.807) is 11.6 Å². The Hall–Kier alpha value is -0.820. The lowest BCUT2D eigenvalue weighted by Gasteiger charge is -2.60. The van der Waals surface area contributed by atoms with Gasteiger partial charge in [0.15, 0.2) is 0 Å². The molecule has 1 N–H and O–H groups in total. The molecule has 3 rings (SSSR count). The Balaban J connectivity index is 1.98. The second kappa shape index (κ2) is 5.62. The summed E-state index contributed by atoms with van der Waals surface area (Å²) in [5, 5.41) is 10.7. The zero-order valence-electron chi connectivity index (χ0n) is 15.3. The first kappa shape index (κ1) is 17.0. The van der Waals surface area contributed by atoms with Gasteiger partial charge in [0.2, 0.25) is 0 Å². The summed E-state index contributed by atoms with van der Waals surface area (Å²) in [7, 11) is 0. The van der Waals surface area contributed by atoms with Crippen molar-refractivity contribution in [3.8, 4) is 0 Å². The largest absolute Gasteiger partial charge is 0.388 e. The van der Waals surface area contributed by atoms with Crippen molar-refractivity contribution in [1.82, 2.24) is 0 Å². The van der Waals surface area contributed by atoms with Crippen molar-refractivity contribution in [3.63, 3.8) is 0 Å². The normalized spacial score (nSPS) is 47.7. The van der Waals surface area contributed by atoms with Gasteiger partial charge in [-0.25, -0.2) is 0 Å². The summed E-state index contributed by atoms with van der Waals surface area (Å²) in [6.45, 7) is 15.1. The van der Waals surface area contributed by atoms with Crippen LogP contribution in [0, 0.1) is 28.1 Å². The molecule has 3 aliphatic carbocycles. The third-order valence-electron chi connectivity index (χ3n) is 7.77. The number of aliphatic hydroxyl groups is 1. The first-order chi connectivity index (χ1) is 10.8. The van der Waals surface area contributed by atoms with Gasteiger partial charge in [-0.1, -0.05) is 51.0 Å². The Morgan fingerprint density at radius 2 is 1.96 bits per heavy atom. The summed E-state index contributed by atoms with van der Waals surface area (Å²) in [6, 6.07) is 0. The van der Waals surface area contributed by atoms with E-state index in [-0.39, 0.29) is 22.3 Å². The summed E-state index contributed by atoms with van der Waals surface area (Å²) in [5.74, 6) is 1.29. The topological polar surface area (TPSA) is 20.2 Å². The van der Waals surface area contributed by atoms with Gasteiger partial charge < -0.3 is 5.11 Å². The molecule has 0 aromatic heterocycles. The van der Waals surface area contributed by atoms with Crippen molar-refractivity contribution in [3.05, 3.63) is 37.0 Å². The minimum absolute atomic E-state index is 0.0141. The monoisotopic (exact) mass is 314 g/mol. The van der Waals surface area contributed by atoms with Crippen LogP contribution in [0.3, 0.4) is 0 Å². The number of allylic oxidation sites excluding steroid dienone is 3. The maximum atomic E-state index is 10.7. The van der Waals surface area contributed by atoms with Crippen LogP contribution in [0.4, 0.5) is 0 Å². The van der Waals surface area contributed by atoms with Crippen LogP contribution < -0.4 is 0 Å². The van der Waals surface area contributed by atoms with Crippen LogP contribution in [0.2, 0.25) is 0 Å². The molecule has 3 unspecified atom stereocenters. The van der Waals surface area contributed by atoms with E-state index in [1.807, 2.05) is 0 Å². The Labute approximate surface area is 142 Å². The van der Waals surface area contributed by atoms with Gasteiger partial charge in [-0.05, 0) is 61.2 Å². The van der Waals surface area contributed by atoms with Crippen LogP contribution in [-0.2, 0) is 0 Å². The zero-order chi connectivity index (χ0) is 16.9. The molecule has 0 radical (unpaired) electrons. The lowest BCUT2D eigenvalue weighted by Crippen LogP contribution is -2.53. The second-order valence-corrected chi connectivity index (χ2v) is 9.21. The molecule has 1 nitrogen and oxygen atoms in total. The molecule has 0 spiro atoms. The van der Waals surface area contributed by atoms with Crippen molar-refractivity contribution in [2.24, 2.45) is 28.1 Å². The molecule has 2 fully saturated rings. The molecule has 3 aliphatic rings. The molecule has 0 heterocycles. The Morgan fingerprint density at radius 3 is 2.61 bits per heavy atom. The van der Waals surface area contributed by atoms with Gasteiger partial charge in [-0.15, -0.1) is 13.2 Å². The molecule has 6 atom stereocenters. The maximum absolute atomic E-state index is 10.7. The summed E-state index contributed by atoms with van der Waals surface area (Å²) < 4.78 is 0. The SMILES string of the molecule is C=CC(O)[C@]1(C)CCC[C@@]2(C)C3=CC[C@](C)(C=C)CC3CCC12. The van der Waals surface area contributed by atoms with Gasteiger partial charge >= 0.3 is 0 Å². The summed E-state index contributed by atoms with van der Waals surface area (Å²) >= 11 is 0. The van der Waals surface area contributed by atoms with E-state index < -0.39 is 0 Å². The van der Waals surface area contributed by atoms with Crippen LogP contribution in [-0.4, -0.2) is 11.2 Å². The van der Waals surface area contributed by atoms with Gasteiger partial charge in [0.05, 0.1) is 6.10 Å². The molecule has 0 aromatic carbocycles. The Bertz CT molecular complexity index is 532. The van der Waals surface area contributed by atoms with Gasteiger partial charge in [0.1, 0.15) is 0 Å². The summed E-state index contributed by atoms with van der Waals surface area (Å²) in [6.07, 6.45) is 14.6. The van der Waals surface area contributed by atoms with Crippen LogP contribution >= 0.6 is 0 Å². The number of rotatable bonds is 3. The maximum Gasteiger partial charge on any atom is 0.0774 e. The molecular formula is C22H34O. The van der Waals surface area contributed by atoms with Crippen LogP contribution in [0.5, 0.6) is 0 Å². The van der Waals surface area contributed by atoms with Crippen LogP contribution in [0.15, 0.2) is 37.0 Å². The highest BCUT2D eigenvalue weighted by molar-refractivity contribution is 5.29. The van der Waals surface area contributed by atoms with E-state index in [0.717, 1.165) is 18.8 Å². The smallest absolute Gasteiger partial charge is 0.0774 e. The van der Waals surface area contributed by atoms with Gasteiger partial charge in [-0.2, -0.15) is 0 Å². The van der Waals surface area contributed by atoms with E-state index in [9.17, 15) is 5.11 Å². The fourth-order valence-corrected chi connectivity index (χ4v) is 6.29. The van der Waals surface area contributed by atoms with Gasteiger partial charge in [0, 0.05) is 5.41 Å². The minimum Gasteiger partial charge on any atom is -0.388 e. The number of hydrogen-bond acceptors (Lipinski definition) is 1. The fourth-order valence-electron chi connectivity index (χ4n) is 6.29. The highest BCUT2D eigenvalue weighted by atomic mass is 16.3. The van der Waals surface area contributed by atoms with E-state index in [1.165, 1.54) is 32.1 Å². The first-order valence-electron chi connectivity index (χ1n) is 9.44. The van der Waals surface area contributed by atoms with Crippen LogP contribution in [0.1, 0.15) is 65.7 Å². The lowest BCUT2D eigenvalue weighted by atomic mass is 9.45. The average Bonchev–Trinajstić information content (AvgIpc) is 2.53. The molecule has 0 bridgehead atoms. The van der Waals surface area contributed by atoms with E-state index in [2.05, 4.69) is 46.1 Å². The third-order valence-corrected chi connectivity index (χ3v) is 7.77. The van der Waals surface area contributed by atoms with Crippen molar-refractivity contribution in [2.45, 2.75) is 71.8 Å². The lowest BCUT2D eigenvalue weighted by molar-refractivity contribution is -0.0816. The Morgan fingerprint density at radius 1 is 1.22 bits per heavy atom. The van der Waals surface area contributed by atoms with Crippen LogP contribution in [0.25, 0.3) is 0 Å². The molecule has 128 valence electrons. The van der Waals surface area contributed by atoms with Crippen molar-refractivity contribution in [1.29, 1.82) is 0 Å². The van der Waals surface area contributed by atoms with E-state index >= 15 is 0 Å². The molecule has 0 saturated heterocycles. The van der Waals surface area contributed by atoms with E-state index in [4.69, 9.17) is 0 Å². The standard InChI is InChI=1S/C22H34O/c1-6-19(23)22(5)13-8-12-21(4)17-11-14-20(3,7-2)15-16(17)9-10-18(21)22/h6-7,11,16,18-19,23H,1-2,8-10,12-15H2,3-5H3/t16?,18?,19?,20-,21-,22+/m0/s1. The average molecular weight is 315 g/mol. The predicted molar refractivity (Wildman–Crippen MR) is 98.1 cm³/mol. The molecule has 2 saturated carbocycles. The highest BCUT2D eigenvalue weighted by Crippen LogP contribution is 2.64. The quantitative estimate of drug-likeness (QED) is 0.666. The number of fused-ring (bicyclic) bond motifs is 3. The highest BCUT2D eigenvalue weighted by Gasteiger charge is 2.56. The molecule has 0 amide bonds. The number of hydrogen-bond donors (Lipinski definition) is 1. The molecule has 1 heteroatoms. The number of aliphatic hydroxyl groups excluding tert-OH is 1. The predicted octanol–water partition coefficient (Wildman–Crippen LogP) is 5.67. The third kappa shape index (κ3) is 2.47. The van der Waals surface area contributed by atoms with Gasteiger partial charge in [0.25, 0.3) is 0 Å². The van der Waals surface area contributed by atoms with Crippen molar-refractivity contribution in [2.75, 3.05) is 0 Å². The Kier molecular flexibility index (Phi) is 4.16. The minimum atomic E-state index is -0.383. The summed E-state index contributed by atoms with van der Waals surface area (Å²) in [5.41, 5.74) is 2.23. The second-order valence-electron chi connectivity index (χ2n) is 9.21. The molecule has 0 aromatic rings. The fraction of sp³-hybridized carbons (Fsp3) is 0.727. The molecular weight excluding hydrogens is 280 g/mol. The van der Waals surface area contributed by atoms with Crippen molar-refractivity contribution < 1.29 is 5.11 Å². The van der Waals surface area contributed by atoms with Crippen molar-refractivity contribution >= 4 is 0 Å². The molecule has 0 aliphatic heterocycles. The molecule has 23 heavy (non-hydrogen) atoms. The van der Waals surface area contributed by atoms with E-state index in [0.29, 0.717) is 5.92 Å². The summed E-state index contributed by atoms with van der Waals surface area (Å²) in [4.78, 5) is 0. The van der Waals surface area contributed by atoms with Gasteiger partial charge in [-0.3, -0.25) is 0 Å². The first-order valence-corrected chi connectivity index (χ1v) is 9.44. The zero-order valence-corrected chi connectivity index (χ0v) is 15.3.